The summed E-state index contributed by atoms with van der Waals surface area (Å²) in [6, 6.07) is 15.5. The third kappa shape index (κ3) is 3.68. The van der Waals surface area contributed by atoms with Crippen molar-refractivity contribution in [1.29, 1.82) is 0 Å². The molecule has 0 spiro atoms. The van der Waals surface area contributed by atoms with E-state index in [1.54, 1.807) is 19.1 Å². The molecule has 128 valence electrons. The van der Waals surface area contributed by atoms with Crippen molar-refractivity contribution in [1.82, 2.24) is 15.5 Å². The number of carbonyl (C=O) groups excluding carboxylic acids is 1. The Hall–Kier alpha value is -3.15. The number of nitrogens with one attached hydrogen (secondary N) is 2. The maximum atomic E-state index is 13.8. The van der Waals surface area contributed by atoms with Crippen molar-refractivity contribution < 1.29 is 13.9 Å². The molecule has 1 heterocycles. The zero-order valence-electron chi connectivity index (χ0n) is 13.9. The molecule has 3 rings (SSSR count). The molecule has 6 heteroatoms. The van der Waals surface area contributed by atoms with Gasteiger partial charge < -0.3 is 10.1 Å². The number of hydrogen-bond acceptors (Lipinski definition) is 3. The molecule has 0 fully saturated rings. The predicted octanol–water partition coefficient (Wildman–Crippen LogP) is 3.72. The lowest BCUT2D eigenvalue weighted by Crippen LogP contribution is -2.27. The van der Waals surface area contributed by atoms with Gasteiger partial charge in [0.05, 0.1) is 18.8 Å². The summed E-state index contributed by atoms with van der Waals surface area (Å²) >= 11 is 0. The van der Waals surface area contributed by atoms with Gasteiger partial charge in [0.15, 0.2) is 11.6 Å². The summed E-state index contributed by atoms with van der Waals surface area (Å²) in [6.07, 6.45) is 0. The summed E-state index contributed by atoms with van der Waals surface area (Å²) in [4.78, 5) is 12.4. The summed E-state index contributed by atoms with van der Waals surface area (Å²) in [6.45, 7) is 1.79. The summed E-state index contributed by atoms with van der Waals surface area (Å²) < 4.78 is 18.7. The van der Waals surface area contributed by atoms with E-state index in [2.05, 4.69) is 15.5 Å². The molecule has 3 aromatic rings. The van der Waals surface area contributed by atoms with E-state index >= 15 is 0 Å². The lowest BCUT2D eigenvalue weighted by molar-refractivity contribution is 0.0934. The highest BCUT2D eigenvalue weighted by Gasteiger charge is 2.16. The first-order valence-electron chi connectivity index (χ1n) is 7.83. The number of ether oxygens (including phenoxy) is 1. The maximum Gasteiger partial charge on any atom is 0.269 e. The van der Waals surface area contributed by atoms with Gasteiger partial charge in [0.1, 0.15) is 5.69 Å². The Morgan fingerprint density at radius 1 is 1.20 bits per heavy atom. The fraction of sp³-hybridized carbons (Fsp3) is 0.158. The highest BCUT2D eigenvalue weighted by Crippen LogP contribution is 2.22. The van der Waals surface area contributed by atoms with Crippen LogP contribution < -0.4 is 10.1 Å². The molecule has 0 radical (unpaired) electrons. The molecule has 2 aromatic carbocycles. The van der Waals surface area contributed by atoms with Gasteiger partial charge in [-0.2, -0.15) is 5.10 Å². The SMILES string of the molecule is COc1ccc([C@@H](C)NC(=O)c2cc(-c3ccccc3)n[nH]2)cc1F. The van der Waals surface area contributed by atoms with Crippen LogP contribution in [0.4, 0.5) is 4.39 Å². The maximum absolute atomic E-state index is 13.8. The van der Waals surface area contributed by atoms with Gasteiger partial charge in [0, 0.05) is 5.56 Å². The normalized spacial score (nSPS) is 11.8. The number of aromatic amines is 1. The molecule has 0 aliphatic rings. The van der Waals surface area contributed by atoms with Crippen molar-refractivity contribution in [3.05, 3.63) is 71.7 Å². The molecule has 5 nitrogen and oxygen atoms in total. The van der Waals surface area contributed by atoms with Crippen LogP contribution in [0.1, 0.15) is 29.0 Å². The second-order valence-corrected chi connectivity index (χ2v) is 5.62. The van der Waals surface area contributed by atoms with Crippen LogP contribution in [0.15, 0.2) is 54.6 Å². The molecule has 1 aromatic heterocycles. The van der Waals surface area contributed by atoms with Crippen molar-refractivity contribution in [2.45, 2.75) is 13.0 Å². The van der Waals surface area contributed by atoms with Crippen LogP contribution in [-0.2, 0) is 0 Å². The van der Waals surface area contributed by atoms with Gasteiger partial charge >= 0.3 is 0 Å². The third-order valence-electron chi connectivity index (χ3n) is 3.92. The van der Waals surface area contributed by atoms with Gasteiger partial charge in [-0.1, -0.05) is 36.4 Å². The summed E-state index contributed by atoms with van der Waals surface area (Å²) in [5, 5.41) is 9.72. The first-order chi connectivity index (χ1) is 12.1. The lowest BCUT2D eigenvalue weighted by atomic mass is 10.1. The highest BCUT2D eigenvalue weighted by molar-refractivity contribution is 5.93. The van der Waals surface area contributed by atoms with Crippen LogP contribution in [0.3, 0.4) is 0 Å². The minimum atomic E-state index is -0.464. The van der Waals surface area contributed by atoms with Gasteiger partial charge in [-0.05, 0) is 30.7 Å². The Kier molecular flexibility index (Phi) is 4.79. The van der Waals surface area contributed by atoms with Crippen LogP contribution in [0.5, 0.6) is 5.75 Å². The van der Waals surface area contributed by atoms with E-state index in [1.165, 1.54) is 19.2 Å². The molecule has 1 amide bonds. The number of methoxy groups -OCH3 is 1. The van der Waals surface area contributed by atoms with E-state index in [9.17, 15) is 9.18 Å². The molecule has 25 heavy (non-hydrogen) atoms. The van der Waals surface area contributed by atoms with Gasteiger partial charge in [0.25, 0.3) is 5.91 Å². The van der Waals surface area contributed by atoms with Gasteiger partial charge in [-0.25, -0.2) is 4.39 Å². The number of rotatable bonds is 5. The smallest absolute Gasteiger partial charge is 0.269 e. The number of benzene rings is 2. The Labute approximate surface area is 144 Å². The summed E-state index contributed by atoms with van der Waals surface area (Å²) in [7, 11) is 1.41. The average molecular weight is 339 g/mol. The quantitative estimate of drug-likeness (QED) is 0.744. The molecular weight excluding hydrogens is 321 g/mol. The van der Waals surface area contributed by atoms with E-state index in [4.69, 9.17) is 4.74 Å². The number of halogens is 1. The number of carbonyl (C=O) groups is 1. The monoisotopic (exact) mass is 339 g/mol. The van der Waals surface area contributed by atoms with Crippen LogP contribution in [-0.4, -0.2) is 23.2 Å². The zero-order chi connectivity index (χ0) is 17.8. The molecular formula is C19H18FN3O2. The largest absolute Gasteiger partial charge is 0.494 e. The van der Waals surface area contributed by atoms with Crippen LogP contribution in [0.2, 0.25) is 0 Å². The van der Waals surface area contributed by atoms with Gasteiger partial charge in [0.2, 0.25) is 0 Å². The molecule has 1 atom stereocenters. The summed E-state index contributed by atoms with van der Waals surface area (Å²) in [5.74, 6) is -0.601. The van der Waals surface area contributed by atoms with Gasteiger partial charge in [-0.3, -0.25) is 9.89 Å². The van der Waals surface area contributed by atoms with E-state index in [0.717, 1.165) is 5.56 Å². The Morgan fingerprint density at radius 3 is 2.64 bits per heavy atom. The summed E-state index contributed by atoms with van der Waals surface area (Å²) in [5.41, 5.74) is 2.60. The van der Waals surface area contributed by atoms with E-state index in [0.29, 0.717) is 17.0 Å². The predicted molar refractivity (Wildman–Crippen MR) is 92.9 cm³/mol. The Balaban J connectivity index is 1.72. The molecule has 0 unspecified atom stereocenters. The topological polar surface area (TPSA) is 67.0 Å². The fourth-order valence-corrected chi connectivity index (χ4v) is 2.50. The molecule has 2 N–H and O–H groups in total. The minimum Gasteiger partial charge on any atom is -0.494 e. The van der Waals surface area contributed by atoms with Crippen molar-refractivity contribution in [2.24, 2.45) is 0 Å². The first kappa shape index (κ1) is 16.7. The molecule has 0 bridgehead atoms. The standard InChI is InChI=1S/C19H18FN3O2/c1-12(14-8-9-18(25-2)15(20)10-14)21-19(24)17-11-16(22-23-17)13-6-4-3-5-7-13/h3-12H,1-2H3,(H,21,24)(H,22,23)/t12-/m1/s1. The number of H-pyrrole nitrogens is 1. The number of amides is 1. The van der Waals surface area contributed by atoms with Crippen molar-refractivity contribution >= 4 is 5.91 Å². The second-order valence-electron chi connectivity index (χ2n) is 5.62. The van der Waals surface area contributed by atoms with Crippen LogP contribution in [0.25, 0.3) is 11.3 Å². The van der Waals surface area contributed by atoms with E-state index in [-0.39, 0.29) is 17.7 Å². The van der Waals surface area contributed by atoms with E-state index in [1.807, 2.05) is 30.3 Å². The number of aromatic nitrogens is 2. The van der Waals surface area contributed by atoms with Gasteiger partial charge in [-0.15, -0.1) is 0 Å². The van der Waals surface area contributed by atoms with Crippen molar-refractivity contribution in [2.75, 3.05) is 7.11 Å². The molecule has 0 aliphatic carbocycles. The Morgan fingerprint density at radius 2 is 1.96 bits per heavy atom. The van der Waals surface area contributed by atoms with Crippen molar-refractivity contribution in [3.8, 4) is 17.0 Å². The average Bonchev–Trinajstić information content (AvgIpc) is 3.12. The lowest BCUT2D eigenvalue weighted by Gasteiger charge is -2.14. The Bertz CT molecular complexity index is 877. The second kappa shape index (κ2) is 7.17. The third-order valence-corrected chi connectivity index (χ3v) is 3.92. The number of hydrogen-bond donors (Lipinski definition) is 2. The highest BCUT2D eigenvalue weighted by atomic mass is 19.1. The first-order valence-corrected chi connectivity index (χ1v) is 7.83. The van der Waals surface area contributed by atoms with Crippen LogP contribution in [0, 0.1) is 5.82 Å². The van der Waals surface area contributed by atoms with E-state index < -0.39 is 5.82 Å². The molecule has 0 saturated heterocycles. The molecule has 0 aliphatic heterocycles. The fourth-order valence-electron chi connectivity index (χ4n) is 2.50. The molecule has 0 saturated carbocycles. The number of nitrogens with zero attached hydrogens (tertiary/aromatic N) is 1. The van der Waals surface area contributed by atoms with Crippen LogP contribution >= 0.6 is 0 Å². The van der Waals surface area contributed by atoms with Crippen molar-refractivity contribution in [3.63, 3.8) is 0 Å². The zero-order valence-corrected chi connectivity index (χ0v) is 13.9. The minimum absolute atomic E-state index is 0.170.